The zero-order chi connectivity index (χ0) is 20.0. The van der Waals surface area contributed by atoms with Crippen LogP contribution in [0, 0.1) is 5.92 Å². The second kappa shape index (κ2) is 7.54. The van der Waals surface area contributed by atoms with Gasteiger partial charge < -0.3 is 15.1 Å². The fourth-order valence-electron chi connectivity index (χ4n) is 4.42. The molecule has 5 nitrogen and oxygen atoms in total. The first-order valence-corrected chi connectivity index (χ1v) is 10.9. The van der Waals surface area contributed by atoms with Crippen LogP contribution in [-0.2, 0) is 4.79 Å². The summed E-state index contributed by atoms with van der Waals surface area (Å²) in [5.74, 6) is 0.902. The lowest BCUT2D eigenvalue weighted by molar-refractivity contribution is -0.130. The molecule has 3 heterocycles. The Kier molecular flexibility index (Phi) is 4.88. The standard InChI is InChI=1S/C23H27ClN4O/c1-16(29)27-12-10-26(11-13-27)15-21-23(18-4-7-20(24)8-5-18)25-22-9-6-19(14-28(21)22)17-2-3-17/h4-9,14,17,22,25H,2-3,10-13,15H2,1H3. The van der Waals surface area contributed by atoms with Gasteiger partial charge in [0.25, 0.3) is 0 Å². The molecular weight excluding hydrogens is 384 g/mol. The molecule has 0 aromatic heterocycles. The van der Waals surface area contributed by atoms with Gasteiger partial charge in [-0.25, -0.2) is 0 Å². The predicted octanol–water partition coefficient (Wildman–Crippen LogP) is 3.27. The maximum Gasteiger partial charge on any atom is 0.219 e. The van der Waals surface area contributed by atoms with Crippen LogP contribution in [0.2, 0.25) is 5.02 Å². The molecule has 1 unspecified atom stereocenters. The molecule has 4 aliphatic rings. The molecule has 1 amide bonds. The number of carbonyl (C=O) groups is 1. The quantitative estimate of drug-likeness (QED) is 0.826. The van der Waals surface area contributed by atoms with Gasteiger partial charge in [0.15, 0.2) is 0 Å². The van der Waals surface area contributed by atoms with Gasteiger partial charge in [-0.3, -0.25) is 9.69 Å². The van der Waals surface area contributed by atoms with Gasteiger partial charge in [-0.05, 0) is 48.1 Å². The van der Waals surface area contributed by atoms with Crippen molar-refractivity contribution >= 4 is 23.2 Å². The number of fused-ring (bicyclic) bond motifs is 1. The molecule has 6 heteroatoms. The van der Waals surface area contributed by atoms with Crippen molar-refractivity contribution in [1.82, 2.24) is 20.0 Å². The number of nitrogens with zero attached hydrogens (tertiary/aromatic N) is 3. The average molecular weight is 411 g/mol. The Labute approximate surface area is 177 Å². The van der Waals surface area contributed by atoms with Gasteiger partial charge in [-0.2, -0.15) is 0 Å². The van der Waals surface area contributed by atoms with Gasteiger partial charge in [0, 0.05) is 50.9 Å². The van der Waals surface area contributed by atoms with Crippen molar-refractivity contribution in [2.75, 3.05) is 32.7 Å². The van der Waals surface area contributed by atoms with E-state index in [1.54, 1.807) is 6.92 Å². The highest BCUT2D eigenvalue weighted by Crippen LogP contribution is 2.41. The number of nitrogens with one attached hydrogen (secondary N) is 1. The number of rotatable bonds is 4. The molecule has 1 saturated carbocycles. The lowest BCUT2D eigenvalue weighted by Gasteiger charge is -2.36. The summed E-state index contributed by atoms with van der Waals surface area (Å²) >= 11 is 6.12. The first-order valence-electron chi connectivity index (χ1n) is 10.5. The summed E-state index contributed by atoms with van der Waals surface area (Å²) in [5, 5.41) is 4.47. The summed E-state index contributed by atoms with van der Waals surface area (Å²) in [6, 6.07) is 8.08. The van der Waals surface area contributed by atoms with Crippen LogP contribution in [0.25, 0.3) is 5.70 Å². The second-order valence-corrected chi connectivity index (χ2v) is 8.81. The molecule has 3 aliphatic heterocycles. The highest BCUT2D eigenvalue weighted by molar-refractivity contribution is 6.30. The van der Waals surface area contributed by atoms with E-state index in [1.165, 1.54) is 29.8 Å². The molecule has 5 rings (SSSR count). The molecule has 1 aromatic rings. The van der Waals surface area contributed by atoms with Crippen LogP contribution in [0.15, 0.2) is 53.9 Å². The van der Waals surface area contributed by atoms with Gasteiger partial charge in [-0.15, -0.1) is 0 Å². The molecule has 1 aromatic carbocycles. The smallest absolute Gasteiger partial charge is 0.219 e. The number of hydrogen-bond donors (Lipinski definition) is 1. The Bertz CT molecular complexity index is 892. The Morgan fingerprint density at radius 2 is 1.86 bits per heavy atom. The molecular formula is C23H27ClN4O. The maximum atomic E-state index is 11.7. The number of piperazine rings is 1. The lowest BCUT2D eigenvalue weighted by atomic mass is 10.1. The van der Waals surface area contributed by atoms with Crippen molar-refractivity contribution in [1.29, 1.82) is 0 Å². The number of allylic oxidation sites excluding steroid dienone is 2. The highest BCUT2D eigenvalue weighted by Gasteiger charge is 2.35. The van der Waals surface area contributed by atoms with Crippen LogP contribution in [0.4, 0.5) is 0 Å². The zero-order valence-electron chi connectivity index (χ0n) is 16.8. The van der Waals surface area contributed by atoms with E-state index in [1.807, 2.05) is 17.0 Å². The SMILES string of the molecule is CC(=O)N1CCN(CC2=C(c3ccc(Cl)cc3)NC3C=CC(C4CC4)=CN23)CC1. The number of carbonyl (C=O) groups excluding carboxylic acids is 1. The second-order valence-electron chi connectivity index (χ2n) is 8.37. The van der Waals surface area contributed by atoms with E-state index in [0.29, 0.717) is 0 Å². The van der Waals surface area contributed by atoms with Crippen molar-refractivity contribution in [3.8, 4) is 0 Å². The van der Waals surface area contributed by atoms with E-state index >= 15 is 0 Å². The predicted molar refractivity (Wildman–Crippen MR) is 116 cm³/mol. The summed E-state index contributed by atoms with van der Waals surface area (Å²) in [4.78, 5) is 18.5. The van der Waals surface area contributed by atoms with Crippen LogP contribution in [0.5, 0.6) is 0 Å². The summed E-state index contributed by atoms with van der Waals surface area (Å²) in [6.45, 7) is 5.95. The minimum absolute atomic E-state index is 0.164. The van der Waals surface area contributed by atoms with Crippen molar-refractivity contribution in [3.05, 3.63) is 64.5 Å². The number of hydrogen-bond acceptors (Lipinski definition) is 4. The summed E-state index contributed by atoms with van der Waals surface area (Å²) < 4.78 is 0. The molecule has 1 N–H and O–H groups in total. The minimum Gasteiger partial charge on any atom is -0.360 e. The fourth-order valence-corrected chi connectivity index (χ4v) is 4.55. The zero-order valence-corrected chi connectivity index (χ0v) is 17.5. The third-order valence-corrected chi connectivity index (χ3v) is 6.58. The maximum absolute atomic E-state index is 11.7. The molecule has 1 saturated heterocycles. The molecule has 152 valence electrons. The topological polar surface area (TPSA) is 38.8 Å². The molecule has 0 bridgehead atoms. The van der Waals surface area contributed by atoms with Gasteiger partial charge in [0.2, 0.25) is 5.91 Å². The van der Waals surface area contributed by atoms with E-state index in [2.05, 4.69) is 45.6 Å². The molecule has 29 heavy (non-hydrogen) atoms. The van der Waals surface area contributed by atoms with E-state index in [9.17, 15) is 4.79 Å². The van der Waals surface area contributed by atoms with E-state index < -0.39 is 0 Å². The normalized spacial score (nSPS) is 24.5. The number of amides is 1. The third kappa shape index (κ3) is 3.81. The van der Waals surface area contributed by atoms with E-state index in [4.69, 9.17) is 11.6 Å². The van der Waals surface area contributed by atoms with Gasteiger partial charge >= 0.3 is 0 Å². The van der Waals surface area contributed by atoms with Crippen LogP contribution in [-0.4, -0.2) is 59.5 Å². The summed E-state index contributed by atoms with van der Waals surface area (Å²) in [7, 11) is 0. The number of benzene rings is 1. The third-order valence-electron chi connectivity index (χ3n) is 6.32. The minimum atomic E-state index is 0.164. The Morgan fingerprint density at radius 3 is 2.52 bits per heavy atom. The van der Waals surface area contributed by atoms with Crippen LogP contribution in [0.1, 0.15) is 25.3 Å². The highest BCUT2D eigenvalue weighted by atomic mass is 35.5. The van der Waals surface area contributed by atoms with E-state index in [0.717, 1.165) is 49.2 Å². The van der Waals surface area contributed by atoms with Crippen molar-refractivity contribution in [3.63, 3.8) is 0 Å². The molecule has 0 spiro atoms. The molecule has 2 fully saturated rings. The first-order chi connectivity index (χ1) is 14.1. The average Bonchev–Trinajstić information content (AvgIpc) is 3.52. The van der Waals surface area contributed by atoms with Crippen molar-refractivity contribution in [2.24, 2.45) is 5.92 Å². The van der Waals surface area contributed by atoms with Crippen LogP contribution < -0.4 is 5.32 Å². The van der Waals surface area contributed by atoms with Crippen LogP contribution >= 0.6 is 11.6 Å². The van der Waals surface area contributed by atoms with Crippen molar-refractivity contribution < 1.29 is 4.79 Å². The van der Waals surface area contributed by atoms with E-state index in [-0.39, 0.29) is 12.1 Å². The largest absolute Gasteiger partial charge is 0.360 e. The Hall–Kier alpha value is -2.24. The molecule has 0 radical (unpaired) electrons. The Balaban J connectivity index is 1.43. The van der Waals surface area contributed by atoms with Gasteiger partial charge in [-0.1, -0.05) is 29.8 Å². The monoisotopic (exact) mass is 410 g/mol. The Morgan fingerprint density at radius 1 is 1.14 bits per heavy atom. The first kappa shape index (κ1) is 18.8. The number of halogens is 1. The van der Waals surface area contributed by atoms with Gasteiger partial charge in [0.1, 0.15) is 6.17 Å². The van der Waals surface area contributed by atoms with Crippen molar-refractivity contribution in [2.45, 2.75) is 25.9 Å². The fraction of sp³-hybridized carbons (Fsp3) is 0.435. The molecule has 1 atom stereocenters. The van der Waals surface area contributed by atoms with Crippen LogP contribution in [0.3, 0.4) is 0 Å². The lowest BCUT2D eigenvalue weighted by Crippen LogP contribution is -2.49. The summed E-state index contributed by atoms with van der Waals surface area (Å²) in [5.41, 5.74) is 5.09. The molecule has 1 aliphatic carbocycles. The van der Waals surface area contributed by atoms with Gasteiger partial charge in [0.05, 0.1) is 11.4 Å². The summed E-state index contributed by atoms with van der Waals surface area (Å²) in [6.07, 6.45) is 9.69.